The van der Waals surface area contributed by atoms with Crippen molar-refractivity contribution in [2.45, 2.75) is 20.6 Å². The Hall–Kier alpha value is -5.19. The molecule has 0 N–H and O–H groups in total. The molecule has 0 unspecified atom stereocenters. The molecule has 0 amide bonds. The van der Waals surface area contributed by atoms with Crippen molar-refractivity contribution in [3.63, 3.8) is 0 Å². The molecule has 0 saturated heterocycles. The Balaban J connectivity index is 0.000000173. The first-order chi connectivity index (χ1) is 27.7. The molecule has 6 aromatic carbocycles. The Labute approximate surface area is 320 Å². The van der Waals surface area contributed by atoms with Crippen LogP contribution in [0.1, 0.15) is 29.0 Å². The molecule has 4 heterocycles. The van der Waals surface area contributed by atoms with Gasteiger partial charge in [-0.05, 0) is 69.8 Å². The number of hydrogen-bond acceptors (Lipinski definition) is 3. The summed E-state index contributed by atoms with van der Waals surface area (Å²) in [7, 11) is 0. The van der Waals surface area contributed by atoms with Gasteiger partial charge in [0.05, 0.1) is 16.7 Å². The summed E-state index contributed by atoms with van der Waals surface area (Å²) in [5, 5.41) is 6.11. The molecule has 4 aromatic heterocycles. The maximum Gasteiger partial charge on any atom is 0.0774 e. The Morgan fingerprint density at radius 1 is 0.680 bits per heavy atom. The fraction of sp³-hybridized carbons (Fsp3) is 0.0667. The second-order valence-electron chi connectivity index (χ2n) is 11.8. The number of hydrogen-bond donors (Lipinski definition) is 0. The predicted molar refractivity (Wildman–Crippen MR) is 208 cm³/mol. The first-order valence-electron chi connectivity index (χ1n) is 20.2. The molecule has 3 nitrogen and oxygen atoms in total. The zero-order chi connectivity index (χ0) is 40.6. The van der Waals surface area contributed by atoms with E-state index in [9.17, 15) is 0 Å². The molecule has 0 atom stereocenters. The molecule has 0 aliphatic carbocycles. The molecule has 0 saturated carbocycles. The number of para-hydroxylation sites is 3. The van der Waals surface area contributed by atoms with Crippen molar-refractivity contribution in [1.29, 1.82) is 0 Å². The number of rotatable bonds is 2. The molecule has 50 heavy (non-hydrogen) atoms. The van der Waals surface area contributed by atoms with Crippen molar-refractivity contribution in [3.05, 3.63) is 162 Å². The van der Waals surface area contributed by atoms with E-state index in [1.165, 1.54) is 71.9 Å². The molecular weight excluding hydrogens is 807 g/mol. The Morgan fingerprint density at radius 2 is 1.48 bits per heavy atom. The van der Waals surface area contributed by atoms with Crippen LogP contribution in [-0.4, -0.2) is 14.4 Å². The first-order valence-corrected chi connectivity index (χ1v) is 16.6. The van der Waals surface area contributed by atoms with Gasteiger partial charge in [0.15, 0.2) is 0 Å². The molecule has 0 aliphatic heterocycles. The Morgan fingerprint density at radius 3 is 2.30 bits per heavy atom. The van der Waals surface area contributed by atoms with Gasteiger partial charge in [0.2, 0.25) is 0 Å². The van der Waals surface area contributed by atoms with Crippen LogP contribution in [0, 0.1) is 32.7 Å². The van der Waals surface area contributed by atoms with E-state index < -0.39 is 20.6 Å². The summed E-state index contributed by atoms with van der Waals surface area (Å²) in [5.41, 5.74) is 6.88. The van der Waals surface area contributed by atoms with E-state index in [2.05, 4.69) is 125 Å². The monoisotopic (exact) mass is 847 g/mol. The van der Waals surface area contributed by atoms with Gasteiger partial charge in [0, 0.05) is 48.9 Å². The number of benzene rings is 6. The number of pyridine rings is 2. The van der Waals surface area contributed by atoms with Crippen LogP contribution < -0.4 is 0 Å². The molecule has 0 spiro atoms. The van der Waals surface area contributed by atoms with E-state index in [1.807, 2.05) is 11.3 Å². The Bertz CT molecular complexity index is 3190. The molecule has 0 bridgehead atoms. The average Bonchev–Trinajstić information content (AvgIpc) is 3.80. The van der Waals surface area contributed by atoms with E-state index in [-0.39, 0.29) is 42.5 Å². The van der Waals surface area contributed by atoms with Gasteiger partial charge in [0.25, 0.3) is 0 Å². The summed E-state index contributed by atoms with van der Waals surface area (Å²) in [5.74, 6) is 0. The van der Waals surface area contributed by atoms with Gasteiger partial charge < -0.3 is 9.38 Å². The molecule has 10 aromatic rings. The number of imidazole rings is 1. The third kappa shape index (κ3) is 5.30. The van der Waals surface area contributed by atoms with Crippen LogP contribution in [0.3, 0.4) is 0 Å². The zero-order valence-corrected chi connectivity index (χ0v) is 29.5. The Kier molecular flexibility index (Phi) is 6.01. The maximum absolute atomic E-state index is 7.54. The van der Waals surface area contributed by atoms with Crippen molar-refractivity contribution < 1.29 is 32.4 Å². The fourth-order valence-electron chi connectivity index (χ4n) is 6.58. The minimum absolute atomic E-state index is 0. The van der Waals surface area contributed by atoms with Crippen molar-refractivity contribution >= 4 is 69.9 Å². The second-order valence-corrected chi connectivity index (χ2v) is 12.8. The molecule has 10 rings (SSSR count). The summed E-state index contributed by atoms with van der Waals surface area (Å²) < 4.78 is 71.8. The van der Waals surface area contributed by atoms with Crippen molar-refractivity contribution in [2.24, 2.45) is 0 Å². The van der Waals surface area contributed by atoms with Crippen molar-refractivity contribution in [2.75, 3.05) is 0 Å². The standard InChI is InChI=1S/C31H17N2S.C14H14N.Ir/c1-2-9-19(10-3-1)20-12-8-13-21-22-17-18-24-28(30(22)34-29(20)21)23-11-4-6-15-26(23)33-27-16-7-5-14-25(27)32-31(24)33;1-10-4-6-13(7-5-10)14-8-11(2)12(3)9-15-14;/h1-17H;4-6,8-9H,1-3H3;/q2*-1;/i;1D3,2D3,3D3;. The topological polar surface area (TPSA) is 30.2 Å². The number of thiophene rings is 1. The summed E-state index contributed by atoms with van der Waals surface area (Å²) in [6.07, 6.45) is 1.02. The van der Waals surface area contributed by atoms with Gasteiger partial charge >= 0.3 is 0 Å². The molecular formula is C45H31IrN3S-2. The van der Waals surface area contributed by atoms with Crippen LogP contribution >= 0.6 is 11.3 Å². The van der Waals surface area contributed by atoms with Crippen molar-refractivity contribution in [1.82, 2.24) is 14.4 Å². The quantitative estimate of drug-likeness (QED) is 0.128. The summed E-state index contributed by atoms with van der Waals surface area (Å²) in [4.78, 5) is 9.06. The smallest absolute Gasteiger partial charge is 0.0774 e. The van der Waals surface area contributed by atoms with Crippen LogP contribution in [0.5, 0.6) is 0 Å². The van der Waals surface area contributed by atoms with Gasteiger partial charge in [-0.3, -0.25) is 4.98 Å². The van der Waals surface area contributed by atoms with Gasteiger partial charge in [-0.25, -0.2) is 0 Å². The largest absolute Gasteiger partial charge is 0.333 e. The molecule has 0 aliphatic rings. The number of aryl methyl sites for hydroxylation is 3. The van der Waals surface area contributed by atoms with Crippen LogP contribution in [0.25, 0.3) is 80.9 Å². The van der Waals surface area contributed by atoms with E-state index in [0.717, 1.165) is 28.3 Å². The van der Waals surface area contributed by atoms with Gasteiger partial charge in [0.1, 0.15) is 0 Å². The third-order valence-electron chi connectivity index (χ3n) is 8.87. The first kappa shape index (κ1) is 23.3. The van der Waals surface area contributed by atoms with Gasteiger partial charge in [-0.2, -0.15) is 11.3 Å². The van der Waals surface area contributed by atoms with Crippen LogP contribution in [-0.2, 0) is 20.1 Å². The maximum atomic E-state index is 7.54. The minimum atomic E-state index is -2.61. The van der Waals surface area contributed by atoms with Crippen molar-refractivity contribution in [3.8, 4) is 22.4 Å². The number of aromatic nitrogens is 3. The van der Waals surface area contributed by atoms with E-state index in [0.29, 0.717) is 5.56 Å². The summed E-state index contributed by atoms with van der Waals surface area (Å²) >= 11 is 1.89. The van der Waals surface area contributed by atoms with Crippen LogP contribution in [0.15, 0.2) is 134 Å². The SMILES string of the molecule is [2H]C([2H])([2H])c1c[c-]c(-c2cc(C([2H])([2H])[2H])c(C([2H])([2H])[2H])cn2)cc1.[Ir].[c-]1cc2c3cccc(-c4ccccc4)c3sc2c2c1c1nc3ccccc3n1c1ccccc21. The van der Waals surface area contributed by atoms with Gasteiger partial charge in [-0.15, -0.1) is 47.5 Å². The zero-order valence-electron chi connectivity index (χ0n) is 35.3. The number of nitrogens with zero attached hydrogens (tertiary/aromatic N) is 3. The van der Waals surface area contributed by atoms with E-state index in [4.69, 9.17) is 17.3 Å². The third-order valence-corrected chi connectivity index (χ3v) is 10.1. The number of fused-ring (bicyclic) bond motifs is 12. The van der Waals surface area contributed by atoms with E-state index >= 15 is 0 Å². The van der Waals surface area contributed by atoms with Crippen LogP contribution in [0.4, 0.5) is 0 Å². The summed E-state index contributed by atoms with van der Waals surface area (Å²) in [6, 6.07) is 48.3. The minimum Gasteiger partial charge on any atom is -0.333 e. The van der Waals surface area contributed by atoms with E-state index in [1.54, 1.807) is 0 Å². The fourth-order valence-corrected chi connectivity index (χ4v) is 7.96. The predicted octanol–water partition coefficient (Wildman–Crippen LogP) is 12.1. The van der Waals surface area contributed by atoms with Crippen LogP contribution in [0.2, 0.25) is 0 Å². The average molecular weight is 847 g/mol. The molecule has 243 valence electrons. The molecule has 5 heteroatoms. The van der Waals surface area contributed by atoms with Gasteiger partial charge in [-0.1, -0.05) is 114 Å². The second kappa shape index (κ2) is 12.9. The normalized spacial score (nSPS) is 14.8. The molecule has 1 radical (unpaired) electrons. The summed E-state index contributed by atoms with van der Waals surface area (Å²) in [6.45, 7) is -7.47. The molecule has 0 fully saturated rings.